The van der Waals surface area contributed by atoms with Gasteiger partial charge in [-0.1, -0.05) is 5.16 Å². The van der Waals surface area contributed by atoms with E-state index in [2.05, 4.69) is 14.7 Å². The molecule has 3 rings (SSSR count). The van der Waals surface area contributed by atoms with Crippen molar-refractivity contribution < 1.29 is 9.32 Å². The van der Waals surface area contributed by atoms with Gasteiger partial charge in [0.05, 0.1) is 5.69 Å². The molecule has 0 saturated heterocycles. The molecule has 0 saturated carbocycles. The maximum Gasteiger partial charge on any atom is 0.259 e. The smallest absolute Gasteiger partial charge is 0.259 e. The van der Waals surface area contributed by atoms with Gasteiger partial charge in [-0.05, 0) is 26.2 Å². The van der Waals surface area contributed by atoms with Crippen molar-refractivity contribution in [2.24, 2.45) is 5.92 Å². The summed E-state index contributed by atoms with van der Waals surface area (Å²) >= 11 is 0. The molecule has 0 spiro atoms. The summed E-state index contributed by atoms with van der Waals surface area (Å²) in [5.41, 5.74) is 1.25. The quantitative estimate of drug-likeness (QED) is 0.864. The number of imidazole rings is 1. The highest BCUT2D eigenvalue weighted by Crippen LogP contribution is 2.21. The molecule has 0 fully saturated rings. The Morgan fingerprint density at radius 2 is 2.33 bits per heavy atom. The number of aromatic nitrogens is 3. The van der Waals surface area contributed by atoms with E-state index in [1.165, 1.54) is 0 Å². The monoisotopic (exact) mass is 288 g/mol. The van der Waals surface area contributed by atoms with Gasteiger partial charge in [0.2, 0.25) is 0 Å². The van der Waals surface area contributed by atoms with Crippen LogP contribution in [0.4, 0.5) is 0 Å². The number of amides is 1. The van der Waals surface area contributed by atoms with Gasteiger partial charge in [0.1, 0.15) is 17.1 Å². The molecule has 6 nitrogen and oxygen atoms in total. The third-order valence-corrected chi connectivity index (χ3v) is 4.16. The van der Waals surface area contributed by atoms with Gasteiger partial charge in [0.15, 0.2) is 0 Å². The van der Waals surface area contributed by atoms with Gasteiger partial charge in [-0.2, -0.15) is 0 Å². The minimum atomic E-state index is -0.0114. The second-order valence-corrected chi connectivity index (χ2v) is 5.79. The second kappa shape index (κ2) is 5.35. The van der Waals surface area contributed by atoms with Crippen molar-refractivity contribution in [2.45, 2.75) is 33.2 Å². The Labute approximate surface area is 123 Å². The molecular formula is C15H20N4O2. The van der Waals surface area contributed by atoms with Crippen molar-refractivity contribution in [3.05, 3.63) is 35.2 Å². The molecule has 1 amide bonds. The van der Waals surface area contributed by atoms with Crippen LogP contribution in [0.5, 0.6) is 0 Å². The van der Waals surface area contributed by atoms with Crippen molar-refractivity contribution in [3.8, 4) is 0 Å². The maximum atomic E-state index is 12.5. The number of rotatable bonds is 3. The van der Waals surface area contributed by atoms with Crippen molar-refractivity contribution in [1.29, 1.82) is 0 Å². The molecule has 0 N–H and O–H groups in total. The van der Waals surface area contributed by atoms with Gasteiger partial charge < -0.3 is 14.0 Å². The average molecular weight is 288 g/mol. The van der Waals surface area contributed by atoms with E-state index in [0.29, 0.717) is 22.9 Å². The maximum absolute atomic E-state index is 12.5. The summed E-state index contributed by atoms with van der Waals surface area (Å²) < 4.78 is 7.27. The molecule has 2 aromatic rings. The molecule has 1 aliphatic heterocycles. The van der Waals surface area contributed by atoms with Crippen LogP contribution in [0.1, 0.15) is 34.1 Å². The Balaban J connectivity index is 1.67. The molecule has 0 aromatic carbocycles. The summed E-state index contributed by atoms with van der Waals surface area (Å²) in [5, 5.41) is 3.85. The van der Waals surface area contributed by atoms with Crippen LogP contribution in [0, 0.1) is 19.8 Å². The van der Waals surface area contributed by atoms with Crippen molar-refractivity contribution in [2.75, 3.05) is 13.6 Å². The fourth-order valence-electron chi connectivity index (χ4n) is 3.04. The summed E-state index contributed by atoms with van der Waals surface area (Å²) in [7, 11) is 1.84. The molecular weight excluding hydrogens is 268 g/mol. The van der Waals surface area contributed by atoms with Crippen LogP contribution in [0.15, 0.2) is 16.9 Å². The zero-order valence-corrected chi connectivity index (χ0v) is 12.7. The number of carbonyl (C=O) groups excluding carboxylic acids is 1. The predicted molar refractivity (Wildman–Crippen MR) is 77.0 cm³/mol. The SMILES string of the molecule is Cc1noc(C)c1C(=O)N(C)C[C@H]1CCc2nccn2C1. The summed E-state index contributed by atoms with van der Waals surface area (Å²) in [6, 6.07) is 0. The first-order valence-corrected chi connectivity index (χ1v) is 7.24. The molecule has 21 heavy (non-hydrogen) atoms. The first-order chi connectivity index (χ1) is 10.1. The van der Waals surface area contributed by atoms with Crippen molar-refractivity contribution in [3.63, 3.8) is 0 Å². The summed E-state index contributed by atoms with van der Waals surface area (Å²) in [4.78, 5) is 18.6. The van der Waals surface area contributed by atoms with Gasteiger partial charge in [-0.15, -0.1) is 0 Å². The highest BCUT2D eigenvalue weighted by atomic mass is 16.5. The van der Waals surface area contributed by atoms with E-state index in [1.807, 2.05) is 19.4 Å². The molecule has 0 bridgehead atoms. The summed E-state index contributed by atoms with van der Waals surface area (Å²) in [5.74, 6) is 2.18. The van der Waals surface area contributed by atoms with E-state index < -0.39 is 0 Å². The molecule has 0 unspecified atom stereocenters. The zero-order valence-electron chi connectivity index (χ0n) is 12.7. The second-order valence-electron chi connectivity index (χ2n) is 5.79. The number of aryl methyl sites for hydroxylation is 3. The fraction of sp³-hybridized carbons (Fsp3) is 0.533. The molecule has 3 heterocycles. The first-order valence-electron chi connectivity index (χ1n) is 7.24. The van der Waals surface area contributed by atoms with E-state index in [1.54, 1.807) is 18.7 Å². The van der Waals surface area contributed by atoms with Crippen LogP contribution < -0.4 is 0 Å². The molecule has 6 heteroatoms. The Bertz CT molecular complexity index is 639. The largest absolute Gasteiger partial charge is 0.361 e. The molecule has 0 radical (unpaired) electrons. The minimum Gasteiger partial charge on any atom is -0.361 e. The lowest BCUT2D eigenvalue weighted by Gasteiger charge is -2.28. The van der Waals surface area contributed by atoms with Gasteiger partial charge in [-0.3, -0.25) is 4.79 Å². The summed E-state index contributed by atoms with van der Waals surface area (Å²) in [6.45, 7) is 5.24. The van der Waals surface area contributed by atoms with E-state index in [4.69, 9.17) is 4.52 Å². The molecule has 0 aliphatic carbocycles. The topological polar surface area (TPSA) is 64.2 Å². The van der Waals surface area contributed by atoms with Crippen LogP contribution in [0.3, 0.4) is 0 Å². The number of hydrogen-bond donors (Lipinski definition) is 0. The van der Waals surface area contributed by atoms with Crippen LogP contribution in [-0.2, 0) is 13.0 Å². The van der Waals surface area contributed by atoms with Gasteiger partial charge in [0, 0.05) is 39.0 Å². The molecule has 2 aromatic heterocycles. The molecule has 1 aliphatic rings. The van der Waals surface area contributed by atoms with Gasteiger partial charge >= 0.3 is 0 Å². The highest BCUT2D eigenvalue weighted by Gasteiger charge is 2.25. The van der Waals surface area contributed by atoms with E-state index in [-0.39, 0.29) is 5.91 Å². The predicted octanol–water partition coefficient (Wildman–Crippen LogP) is 1.82. The van der Waals surface area contributed by atoms with Crippen LogP contribution in [0.25, 0.3) is 0 Å². The third kappa shape index (κ3) is 2.57. The fourth-order valence-corrected chi connectivity index (χ4v) is 3.04. The van der Waals surface area contributed by atoms with E-state index in [0.717, 1.165) is 31.8 Å². The van der Waals surface area contributed by atoms with Gasteiger partial charge in [-0.25, -0.2) is 4.98 Å². The number of fused-ring (bicyclic) bond motifs is 1. The van der Waals surface area contributed by atoms with Crippen LogP contribution in [0.2, 0.25) is 0 Å². The Hall–Kier alpha value is -2.11. The van der Waals surface area contributed by atoms with Crippen LogP contribution >= 0.6 is 0 Å². The normalized spacial score (nSPS) is 17.6. The lowest BCUT2D eigenvalue weighted by molar-refractivity contribution is 0.0758. The number of hydrogen-bond acceptors (Lipinski definition) is 4. The summed E-state index contributed by atoms with van der Waals surface area (Å²) in [6.07, 6.45) is 5.90. The Morgan fingerprint density at radius 3 is 3.05 bits per heavy atom. The third-order valence-electron chi connectivity index (χ3n) is 4.16. The van der Waals surface area contributed by atoms with E-state index >= 15 is 0 Å². The molecule has 1 atom stereocenters. The number of nitrogens with zero attached hydrogens (tertiary/aromatic N) is 4. The number of carbonyl (C=O) groups is 1. The lowest BCUT2D eigenvalue weighted by atomic mass is 9.98. The lowest BCUT2D eigenvalue weighted by Crippen LogP contribution is -2.35. The standard InChI is InChI=1S/C15H20N4O2/c1-10-14(11(2)21-17-10)15(20)18(3)8-12-4-5-13-16-6-7-19(13)9-12/h6-7,12H,4-5,8-9H2,1-3H3/t12-/m1/s1. The highest BCUT2D eigenvalue weighted by molar-refractivity contribution is 5.95. The van der Waals surface area contributed by atoms with Crippen molar-refractivity contribution >= 4 is 5.91 Å². The van der Waals surface area contributed by atoms with Gasteiger partial charge in [0.25, 0.3) is 5.91 Å². The van der Waals surface area contributed by atoms with Crippen LogP contribution in [-0.4, -0.2) is 39.1 Å². The van der Waals surface area contributed by atoms with Crippen molar-refractivity contribution in [1.82, 2.24) is 19.6 Å². The Kier molecular flexibility index (Phi) is 3.53. The Morgan fingerprint density at radius 1 is 1.52 bits per heavy atom. The minimum absolute atomic E-state index is 0.0114. The zero-order chi connectivity index (χ0) is 15.0. The molecule has 112 valence electrons. The first kappa shape index (κ1) is 13.9. The van der Waals surface area contributed by atoms with E-state index in [9.17, 15) is 4.79 Å². The average Bonchev–Trinajstić information content (AvgIpc) is 3.04.